The van der Waals surface area contributed by atoms with Crippen molar-refractivity contribution < 1.29 is 4.74 Å². The molecule has 110 valence electrons. The number of para-hydroxylation sites is 1. The van der Waals surface area contributed by atoms with Gasteiger partial charge in [-0.3, -0.25) is 5.14 Å². The zero-order valence-corrected chi connectivity index (χ0v) is 13.5. The summed E-state index contributed by atoms with van der Waals surface area (Å²) >= 11 is 3.31. The third kappa shape index (κ3) is 2.63. The quantitative estimate of drug-likeness (QED) is 0.843. The first-order valence-corrected chi connectivity index (χ1v) is 9.23. The van der Waals surface area contributed by atoms with E-state index in [4.69, 9.17) is 9.88 Å². The van der Waals surface area contributed by atoms with Crippen molar-refractivity contribution in [1.29, 1.82) is 0 Å². The molecule has 1 heterocycles. The fraction of sp³-hybridized carbons (Fsp3) is 0.600. The molecule has 0 amide bonds. The molecule has 0 bridgehead atoms. The van der Waals surface area contributed by atoms with Crippen LogP contribution in [0.25, 0.3) is 0 Å². The Kier molecular flexibility index (Phi) is 4.68. The second-order valence-electron chi connectivity index (χ2n) is 5.30. The molecule has 1 aromatic rings. The molecule has 2 aliphatic rings. The summed E-state index contributed by atoms with van der Waals surface area (Å²) in [5, 5.41) is 5.95. The van der Waals surface area contributed by atoms with Gasteiger partial charge < -0.3 is 9.64 Å². The minimum absolute atomic E-state index is 0.287. The van der Waals surface area contributed by atoms with Crippen LogP contribution >= 0.6 is 23.7 Å². The van der Waals surface area contributed by atoms with Crippen molar-refractivity contribution in [2.45, 2.75) is 54.7 Å². The van der Waals surface area contributed by atoms with E-state index in [-0.39, 0.29) is 4.71 Å². The third-order valence-electron chi connectivity index (χ3n) is 4.06. The largest absolute Gasteiger partial charge is 0.492 e. The Hall–Kier alpha value is -0.520. The lowest BCUT2D eigenvalue weighted by Gasteiger charge is -2.36. The Morgan fingerprint density at radius 1 is 1.35 bits per heavy atom. The summed E-state index contributed by atoms with van der Waals surface area (Å²) in [4.78, 5) is 3.83. The number of ether oxygens (including phenoxy) is 1. The van der Waals surface area contributed by atoms with Crippen LogP contribution in [0.15, 0.2) is 23.1 Å². The van der Waals surface area contributed by atoms with Crippen molar-refractivity contribution in [2.75, 3.05) is 11.5 Å². The van der Waals surface area contributed by atoms with Gasteiger partial charge in [0.05, 0.1) is 12.3 Å². The third-order valence-corrected chi connectivity index (χ3v) is 6.15. The van der Waals surface area contributed by atoms with Gasteiger partial charge >= 0.3 is 0 Å². The van der Waals surface area contributed by atoms with E-state index in [2.05, 4.69) is 23.1 Å². The van der Waals surface area contributed by atoms with Gasteiger partial charge in [0, 0.05) is 10.9 Å². The first-order chi connectivity index (χ1) is 9.85. The van der Waals surface area contributed by atoms with Crippen LogP contribution in [0.1, 0.15) is 39.0 Å². The molecule has 5 heteroatoms. The predicted molar refractivity (Wildman–Crippen MR) is 88.4 cm³/mol. The summed E-state index contributed by atoms with van der Waals surface area (Å²) in [5.41, 5.74) is 1.27. The van der Waals surface area contributed by atoms with Gasteiger partial charge in [-0.1, -0.05) is 37.1 Å². The van der Waals surface area contributed by atoms with E-state index in [9.17, 15) is 0 Å². The SMILES string of the molecule is CCOc1cccc2c1N(C1CCCCC1)C(SN)S2. The molecule has 1 aliphatic heterocycles. The Bertz CT molecular complexity index is 463. The first kappa shape index (κ1) is 14.4. The van der Waals surface area contributed by atoms with Gasteiger partial charge in [-0.05, 0) is 43.8 Å². The van der Waals surface area contributed by atoms with Gasteiger partial charge in [0.25, 0.3) is 0 Å². The number of fused-ring (bicyclic) bond motifs is 1. The number of rotatable bonds is 4. The minimum Gasteiger partial charge on any atom is -0.492 e. The van der Waals surface area contributed by atoms with E-state index < -0.39 is 0 Å². The van der Waals surface area contributed by atoms with Crippen LogP contribution in [0.2, 0.25) is 0 Å². The van der Waals surface area contributed by atoms with Crippen LogP contribution in [0, 0.1) is 0 Å². The Labute approximate surface area is 129 Å². The number of hydrogen-bond acceptors (Lipinski definition) is 5. The van der Waals surface area contributed by atoms with Crippen molar-refractivity contribution in [1.82, 2.24) is 0 Å². The van der Waals surface area contributed by atoms with Crippen LogP contribution in [0.5, 0.6) is 5.75 Å². The number of anilines is 1. The Morgan fingerprint density at radius 3 is 2.85 bits per heavy atom. The number of benzene rings is 1. The number of thioether (sulfide) groups is 1. The van der Waals surface area contributed by atoms with Gasteiger partial charge in [-0.15, -0.1) is 0 Å². The van der Waals surface area contributed by atoms with Gasteiger partial charge in [-0.25, -0.2) is 0 Å². The number of hydrogen-bond donors (Lipinski definition) is 1. The monoisotopic (exact) mass is 310 g/mol. The van der Waals surface area contributed by atoms with Gasteiger partial charge in [0.1, 0.15) is 10.5 Å². The highest BCUT2D eigenvalue weighted by Crippen LogP contribution is 2.53. The van der Waals surface area contributed by atoms with Crippen molar-refractivity contribution in [3.8, 4) is 5.75 Å². The van der Waals surface area contributed by atoms with Crippen molar-refractivity contribution in [2.24, 2.45) is 5.14 Å². The molecule has 1 saturated carbocycles. The van der Waals surface area contributed by atoms with E-state index in [1.807, 2.05) is 18.7 Å². The smallest absolute Gasteiger partial charge is 0.143 e. The van der Waals surface area contributed by atoms with Gasteiger partial charge in [0.2, 0.25) is 0 Å². The summed E-state index contributed by atoms with van der Waals surface area (Å²) < 4.78 is 6.14. The molecule has 20 heavy (non-hydrogen) atoms. The lowest BCUT2D eigenvalue weighted by molar-refractivity contribution is 0.337. The molecule has 2 N–H and O–H groups in total. The lowest BCUT2D eigenvalue weighted by Crippen LogP contribution is -2.40. The van der Waals surface area contributed by atoms with E-state index in [1.165, 1.54) is 54.6 Å². The van der Waals surface area contributed by atoms with Crippen LogP contribution < -0.4 is 14.8 Å². The van der Waals surface area contributed by atoms with Crippen molar-refractivity contribution >= 4 is 29.4 Å². The molecule has 0 radical (unpaired) electrons. The van der Waals surface area contributed by atoms with Crippen molar-refractivity contribution in [3.05, 3.63) is 18.2 Å². The molecule has 1 aromatic carbocycles. The van der Waals surface area contributed by atoms with Crippen LogP contribution in [-0.4, -0.2) is 17.4 Å². The maximum absolute atomic E-state index is 5.95. The summed E-state index contributed by atoms with van der Waals surface area (Å²) in [6, 6.07) is 6.97. The van der Waals surface area contributed by atoms with E-state index in [0.717, 1.165) is 5.75 Å². The molecular weight excluding hydrogens is 288 g/mol. The van der Waals surface area contributed by atoms with E-state index >= 15 is 0 Å². The maximum atomic E-state index is 5.95. The summed E-state index contributed by atoms with van der Waals surface area (Å²) in [6.07, 6.45) is 6.59. The maximum Gasteiger partial charge on any atom is 0.143 e. The molecule has 1 unspecified atom stereocenters. The fourth-order valence-corrected chi connectivity index (χ4v) is 5.23. The standard InChI is InChI=1S/C15H22N2OS2/c1-2-18-12-9-6-10-13-14(12)17(15(19-13)20-16)11-7-4-3-5-8-11/h6,9-11,15H,2-5,7-8,16H2,1H3. The lowest BCUT2D eigenvalue weighted by atomic mass is 9.94. The van der Waals surface area contributed by atoms with Crippen molar-refractivity contribution in [3.63, 3.8) is 0 Å². The summed E-state index contributed by atoms with van der Waals surface area (Å²) in [6.45, 7) is 2.75. The highest BCUT2D eigenvalue weighted by atomic mass is 32.2. The molecule has 0 saturated heterocycles. The fourth-order valence-electron chi connectivity index (χ4n) is 3.20. The zero-order chi connectivity index (χ0) is 13.9. The number of nitrogens with two attached hydrogens (primary N) is 1. The molecule has 0 aromatic heterocycles. The predicted octanol–water partition coefficient (Wildman–Crippen LogP) is 4.22. The molecular formula is C15H22N2OS2. The zero-order valence-electron chi connectivity index (χ0n) is 11.9. The van der Waals surface area contributed by atoms with Gasteiger partial charge in [0.15, 0.2) is 0 Å². The average Bonchev–Trinajstić information content (AvgIpc) is 2.88. The molecule has 0 spiro atoms. The topological polar surface area (TPSA) is 38.5 Å². The Balaban J connectivity index is 1.95. The Morgan fingerprint density at radius 2 is 2.15 bits per heavy atom. The average molecular weight is 310 g/mol. The minimum atomic E-state index is 0.287. The molecule has 3 rings (SSSR count). The van der Waals surface area contributed by atoms with Crippen LogP contribution in [0.4, 0.5) is 5.69 Å². The highest BCUT2D eigenvalue weighted by Gasteiger charge is 2.37. The van der Waals surface area contributed by atoms with E-state index in [0.29, 0.717) is 12.6 Å². The molecule has 3 nitrogen and oxygen atoms in total. The summed E-state index contributed by atoms with van der Waals surface area (Å²) in [7, 11) is 0. The number of nitrogens with zero attached hydrogens (tertiary/aromatic N) is 1. The summed E-state index contributed by atoms with van der Waals surface area (Å²) in [5.74, 6) is 1.01. The molecule has 1 fully saturated rings. The normalized spacial score (nSPS) is 22.9. The van der Waals surface area contributed by atoms with E-state index in [1.54, 1.807) is 0 Å². The van der Waals surface area contributed by atoms with Crippen LogP contribution in [-0.2, 0) is 0 Å². The first-order valence-electron chi connectivity index (χ1n) is 7.41. The van der Waals surface area contributed by atoms with Crippen LogP contribution in [0.3, 0.4) is 0 Å². The molecule has 1 aliphatic carbocycles. The highest BCUT2D eigenvalue weighted by molar-refractivity contribution is 8.16. The second-order valence-corrected chi connectivity index (χ2v) is 7.44. The van der Waals surface area contributed by atoms with Gasteiger partial charge in [-0.2, -0.15) is 0 Å². The second kappa shape index (κ2) is 6.50. The molecule has 1 atom stereocenters.